The molecule has 0 radical (unpaired) electrons. The summed E-state index contributed by atoms with van der Waals surface area (Å²) in [6.45, 7) is 41.8. The van der Waals surface area contributed by atoms with Crippen LogP contribution < -0.4 is 22.5 Å². The van der Waals surface area contributed by atoms with Crippen molar-refractivity contribution in [2.45, 2.75) is 333 Å². The van der Waals surface area contributed by atoms with Crippen LogP contribution in [0.5, 0.6) is 0 Å². The maximum atomic E-state index is 12.8. The molecule has 13 fully saturated rings. The van der Waals surface area contributed by atoms with Gasteiger partial charge in [-0.15, -0.1) is 0 Å². The van der Waals surface area contributed by atoms with Crippen molar-refractivity contribution in [2.75, 3.05) is 143 Å². The minimum atomic E-state index is -0.929. The zero-order chi connectivity index (χ0) is 103. The molecule has 33 nitrogen and oxygen atoms in total. The average molecular weight is 2010 g/mol. The highest BCUT2D eigenvalue weighted by molar-refractivity contribution is 5.90. The number of carbonyl (C=O) groups excluding carboxylic acids is 4. The first-order valence-electron chi connectivity index (χ1n) is 51.7. The van der Waals surface area contributed by atoms with Crippen molar-refractivity contribution >= 4 is 23.6 Å². The highest BCUT2D eigenvalue weighted by Gasteiger charge is 2.49. The summed E-state index contributed by atoms with van der Waals surface area (Å²) in [7, 11) is 8.95. The molecule has 13 saturated heterocycles. The lowest BCUT2D eigenvalue weighted by molar-refractivity contribution is -0.322. The van der Waals surface area contributed by atoms with Gasteiger partial charge in [0.25, 0.3) is 0 Å². The van der Waals surface area contributed by atoms with Gasteiger partial charge in [0.2, 0.25) is 0 Å². The normalized spacial score (nSPS) is 32.9. The number of hydrogen-bond donors (Lipinski definition) is 4. The van der Waals surface area contributed by atoms with Crippen molar-refractivity contribution in [2.24, 2.45) is 64.5 Å². The Labute approximate surface area is 846 Å². The second-order valence-corrected chi connectivity index (χ2v) is 39.1. The van der Waals surface area contributed by atoms with Gasteiger partial charge >= 0.3 is 0 Å². The van der Waals surface area contributed by atoms with Crippen molar-refractivity contribution in [1.29, 1.82) is 0 Å². The summed E-state index contributed by atoms with van der Waals surface area (Å²) < 4.78 is 136. The molecule has 0 aliphatic carbocycles. The van der Waals surface area contributed by atoms with Crippen LogP contribution in [0.25, 0.3) is 0 Å². The summed E-state index contributed by atoms with van der Waals surface area (Å²) >= 11 is 0. The minimum Gasteiger partial charge on any atom is -0.382 e. The monoisotopic (exact) mass is 2010 g/mol. The molecule has 13 heterocycles. The first-order valence-corrected chi connectivity index (χ1v) is 51.7. The van der Waals surface area contributed by atoms with Crippen molar-refractivity contribution < 1.29 is 138 Å². The molecule has 17 unspecified atom stereocenters. The number of methoxy groups -OCH3 is 6. The Kier molecular flexibility index (Phi) is 56.6. The summed E-state index contributed by atoms with van der Waals surface area (Å²) in [4.78, 5) is 48.5. The van der Waals surface area contributed by atoms with E-state index in [1.807, 2.05) is 121 Å². The number of nitrogens with one attached hydrogen (secondary N) is 1. The third kappa shape index (κ3) is 37.2. The number of Topliss-reactive ketones (excluding diaryl/α,β-unsaturated/α-hetero) is 3. The largest absolute Gasteiger partial charge is 0.382 e. The molecule has 0 saturated carbocycles. The topological polar surface area (TPSA) is 389 Å². The molecule has 0 aromatic heterocycles. The fourth-order valence-electron chi connectivity index (χ4n) is 19.3. The fraction of sp³-hybridized carbons (Fsp3) is 0.743. The molecular formula is C109H176N4O29. The third-order valence-electron chi connectivity index (χ3n) is 28.4. The van der Waals surface area contributed by atoms with E-state index in [0.717, 1.165) is 132 Å². The number of aldehydes is 1. The molecule has 4 aromatic rings. The van der Waals surface area contributed by atoms with Crippen LogP contribution in [0.1, 0.15) is 165 Å². The van der Waals surface area contributed by atoms with Crippen LogP contribution >= 0.6 is 0 Å². The van der Waals surface area contributed by atoms with Crippen LogP contribution in [-0.4, -0.2) is 331 Å². The van der Waals surface area contributed by atoms with Gasteiger partial charge in [0.05, 0.1) is 150 Å². The number of fused-ring (bicyclic) bond motifs is 6. The van der Waals surface area contributed by atoms with Crippen molar-refractivity contribution in [3.05, 3.63) is 144 Å². The molecule has 13 aliphatic heterocycles. The lowest BCUT2D eigenvalue weighted by Gasteiger charge is -2.43. The Morgan fingerprint density at radius 1 is 0.317 bits per heavy atom. The molecule has 35 atom stereocenters. The summed E-state index contributed by atoms with van der Waals surface area (Å²) in [6, 6.07) is 36.1. The van der Waals surface area contributed by atoms with Gasteiger partial charge in [0.1, 0.15) is 102 Å². The van der Waals surface area contributed by atoms with Crippen molar-refractivity contribution in [3.63, 3.8) is 0 Å². The number of benzene rings is 4. The number of ketones is 3. The molecule has 4 aromatic carbocycles. The fourth-order valence-corrected chi connectivity index (χ4v) is 19.3. The molecule has 0 spiro atoms. The Morgan fingerprint density at radius 2 is 0.570 bits per heavy atom. The number of nitrogens with two attached hydrogens (primary N) is 3. The van der Waals surface area contributed by atoms with E-state index in [-0.39, 0.29) is 103 Å². The van der Waals surface area contributed by atoms with Crippen molar-refractivity contribution in [1.82, 2.24) is 5.32 Å². The summed E-state index contributed by atoms with van der Waals surface area (Å²) in [5.74, 6) is 4.68. The molecule has 7 N–H and O–H groups in total. The summed E-state index contributed by atoms with van der Waals surface area (Å²) in [5, 5.41) is 3.06. The highest BCUT2D eigenvalue weighted by Crippen LogP contribution is 2.38. The van der Waals surface area contributed by atoms with Gasteiger partial charge in [0, 0.05) is 91.4 Å². The van der Waals surface area contributed by atoms with Gasteiger partial charge < -0.3 is 140 Å². The summed E-state index contributed by atoms with van der Waals surface area (Å²) in [5.41, 5.74) is 22.0. The Hall–Kier alpha value is -5.60. The van der Waals surface area contributed by atoms with Crippen LogP contribution in [0.15, 0.2) is 121 Å². The first kappa shape index (κ1) is 122. The van der Waals surface area contributed by atoms with E-state index < -0.39 is 48.7 Å². The predicted molar refractivity (Wildman–Crippen MR) is 536 cm³/mol. The predicted octanol–water partition coefficient (Wildman–Crippen LogP) is 11.8. The second-order valence-electron chi connectivity index (χ2n) is 39.1. The summed E-state index contributed by atoms with van der Waals surface area (Å²) in [6.07, 6.45) is 8.87. The van der Waals surface area contributed by atoms with Crippen LogP contribution in [0.3, 0.4) is 0 Å². The van der Waals surface area contributed by atoms with E-state index >= 15 is 0 Å². The van der Waals surface area contributed by atoms with E-state index in [1.165, 1.54) is 35.5 Å². The average Bonchev–Trinajstić information content (AvgIpc) is 1.77. The highest BCUT2D eigenvalue weighted by atomic mass is 16.8. The smallest absolute Gasteiger partial charge is 0.182 e. The second kappa shape index (κ2) is 66.1. The SMILES string of the molecule is CC[C@@H]1OCOC2C1OCO[C@@H]2CC.CC[C@@H]1OCOC2C1OCO[C@H]2CC.CC[C@H]1OCOC2C1OCO[C@@H]2CC.COC(C)C(OC)C(=O)[C@@H](N)Cc1ccccc1.COC(N[C@@H](C=O)Cc1ccccc1)C(OC)C(=O)[C@@H](N)Cc1ccccc1.COCC(OC)C(=O)[C@@H](N)Cc1ccccc1.C[C@@H]1COC2C1OC[C@@H]2C.C[C@@H]1COC2C1OC[C@H]2C.C[C@@H]1COC[C@H]1C.C[C@H]1COC2C1OC[C@@H]2C. The van der Waals surface area contributed by atoms with Crippen LogP contribution in [0, 0.1) is 47.3 Å². The van der Waals surface area contributed by atoms with Gasteiger partial charge in [0.15, 0.2) is 23.5 Å². The molecule has 33 heteroatoms. The van der Waals surface area contributed by atoms with E-state index in [9.17, 15) is 19.2 Å². The van der Waals surface area contributed by atoms with Crippen LogP contribution in [0.4, 0.5) is 0 Å². The van der Waals surface area contributed by atoms with Crippen LogP contribution in [-0.2, 0) is 163 Å². The Bertz CT molecular complexity index is 3730. The van der Waals surface area contributed by atoms with Crippen molar-refractivity contribution in [3.8, 4) is 0 Å². The molecule has 0 amide bonds. The minimum absolute atomic E-state index is 0.0486. The molecule has 0 bridgehead atoms. The van der Waals surface area contributed by atoms with E-state index in [2.05, 4.69) is 102 Å². The van der Waals surface area contributed by atoms with E-state index in [0.29, 0.717) is 139 Å². The van der Waals surface area contributed by atoms with Gasteiger partial charge in [-0.25, -0.2) is 0 Å². The molecule has 17 rings (SSSR count). The molecule has 13 aliphatic rings. The number of carbonyl (C=O) groups is 4. The zero-order valence-corrected chi connectivity index (χ0v) is 88.6. The van der Waals surface area contributed by atoms with E-state index in [4.69, 9.17) is 136 Å². The number of rotatable bonds is 32. The Morgan fingerprint density at radius 3 is 0.782 bits per heavy atom. The maximum Gasteiger partial charge on any atom is 0.182 e. The van der Waals surface area contributed by atoms with Gasteiger partial charge in [-0.05, 0) is 105 Å². The first-order chi connectivity index (χ1) is 68.6. The lowest BCUT2D eigenvalue weighted by atomic mass is 9.98. The van der Waals surface area contributed by atoms with Gasteiger partial charge in [-0.1, -0.05) is 218 Å². The standard InChI is InChI=1S/C22H28N2O4.C14H21NO3.C13H19NO3.3C10H18O4.3C8H14O2.C6H12O/c1-27-21(20(26)19(23)14-17-11-7-4-8-12-17)22(28-2)24-18(15-25)13-16-9-5-3-6-10-16;1-10(17-2)14(18-3)13(16)12(15)9-11-7-5-4-6-8-11;1-16-9-12(17-2)13(15)11(14)8-10-6-4-3-5-7-10;3*1-3-7-9-10(14-5-11-7)8(4-2)12-6-13-9;3*1-5-3-9-8-6(2)4-10-7(5)8;1-5-3-7-4-6(5)2/h3-12,15,18-19,21-22,24H,13-14,23H2,1-2H3;4-8,10,12,14H,9,15H2,1-3H3;3-7,11-12H,8-9,14H2,1-2H3;3*7-10H,3-6H2,1-2H3;3*5-8H,3-4H2,1-2H3;5-6H,3-4H2,1-2H3/t18-,19+,21?,22?;10?,12-,14?;11-,12?;7-,8+,9?,10?;2*7-,8-,9?,10?;5-,6+,7?,8?;2*5-,6-,7?,8?;5-,6-/m100.10.101/s1. The van der Waals surface area contributed by atoms with Gasteiger partial charge in [-0.3, -0.25) is 19.7 Å². The number of ether oxygens (including phenoxy) is 25. The third-order valence-corrected chi connectivity index (χ3v) is 28.4. The van der Waals surface area contributed by atoms with Crippen LogP contribution in [0.2, 0.25) is 0 Å². The molecular weight excluding hydrogens is 1830 g/mol. The van der Waals surface area contributed by atoms with E-state index in [1.54, 1.807) is 14.0 Å². The van der Waals surface area contributed by atoms with Gasteiger partial charge in [-0.2, -0.15) is 0 Å². The Balaban J connectivity index is 0.000000197. The maximum absolute atomic E-state index is 12.8. The lowest BCUT2D eigenvalue weighted by Crippen LogP contribution is -2.56. The molecule has 806 valence electrons. The molecule has 142 heavy (non-hydrogen) atoms. The zero-order valence-electron chi connectivity index (χ0n) is 88.6. The number of hydrogen-bond acceptors (Lipinski definition) is 33. The quantitative estimate of drug-likeness (QED) is 0.0260.